The van der Waals surface area contributed by atoms with Gasteiger partial charge in [-0.05, 0) is 48.9 Å². The van der Waals surface area contributed by atoms with Gasteiger partial charge in [-0.1, -0.05) is 12.1 Å². The van der Waals surface area contributed by atoms with Crippen LogP contribution in [0, 0.1) is 5.82 Å². The van der Waals surface area contributed by atoms with Crippen LogP contribution in [0.4, 0.5) is 4.39 Å². The van der Waals surface area contributed by atoms with E-state index in [1.54, 1.807) is 29.5 Å². The number of ether oxygens (including phenoxy) is 1. The molecule has 0 saturated carbocycles. The molecule has 1 unspecified atom stereocenters. The van der Waals surface area contributed by atoms with Crippen molar-refractivity contribution in [2.75, 3.05) is 7.11 Å². The van der Waals surface area contributed by atoms with Gasteiger partial charge < -0.3 is 10.5 Å². The summed E-state index contributed by atoms with van der Waals surface area (Å²) in [4.78, 5) is 2.62. The zero-order chi connectivity index (χ0) is 14.1. The van der Waals surface area contributed by atoms with Crippen molar-refractivity contribution in [3.8, 4) is 5.75 Å². The fourth-order valence-corrected chi connectivity index (χ4v) is 4.00. The van der Waals surface area contributed by atoms with E-state index in [0.29, 0.717) is 12.0 Å². The lowest BCUT2D eigenvalue weighted by Gasteiger charge is -2.12. The van der Waals surface area contributed by atoms with E-state index >= 15 is 0 Å². The summed E-state index contributed by atoms with van der Waals surface area (Å²) in [6, 6.07) is 7.27. The van der Waals surface area contributed by atoms with Crippen LogP contribution in [-0.4, -0.2) is 7.11 Å². The summed E-state index contributed by atoms with van der Waals surface area (Å²) in [7, 11) is 1.48. The van der Waals surface area contributed by atoms with E-state index < -0.39 is 0 Å². The Labute approximate surface area is 122 Å². The van der Waals surface area contributed by atoms with Crippen molar-refractivity contribution in [3.05, 3.63) is 51.0 Å². The molecule has 0 fully saturated rings. The van der Waals surface area contributed by atoms with E-state index in [9.17, 15) is 4.39 Å². The molecular formula is C16H18FNOS. The molecule has 0 spiro atoms. The molecule has 1 aromatic heterocycles. The molecule has 1 heterocycles. The van der Waals surface area contributed by atoms with E-state index in [4.69, 9.17) is 10.5 Å². The highest BCUT2D eigenvalue weighted by atomic mass is 32.1. The Morgan fingerprint density at radius 1 is 1.40 bits per heavy atom. The second-order valence-corrected chi connectivity index (χ2v) is 6.36. The third kappa shape index (κ3) is 2.45. The number of hydrogen-bond donors (Lipinski definition) is 1. The van der Waals surface area contributed by atoms with Crippen molar-refractivity contribution in [1.82, 2.24) is 0 Å². The predicted octanol–water partition coefficient (Wildman–Crippen LogP) is 3.63. The monoisotopic (exact) mass is 291 g/mol. The third-order valence-electron chi connectivity index (χ3n) is 3.83. The fourth-order valence-electron chi connectivity index (χ4n) is 2.74. The summed E-state index contributed by atoms with van der Waals surface area (Å²) in [6.45, 7) is 0. The Hall–Kier alpha value is -1.39. The number of nitrogens with two attached hydrogens (primary N) is 1. The normalized spacial score (nSPS) is 15.2. The van der Waals surface area contributed by atoms with Crippen LogP contribution < -0.4 is 10.5 Å². The molecule has 20 heavy (non-hydrogen) atoms. The molecule has 4 heteroatoms. The number of rotatable bonds is 4. The molecule has 0 radical (unpaired) electrons. The zero-order valence-electron chi connectivity index (χ0n) is 11.5. The maximum absolute atomic E-state index is 14.1. The first-order valence-corrected chi connectivity index (χ1v) is 7.69. The molecule has 106 valence electrons. The number of halogens is 1. The Morgan fingerprint density at radius 3 is 3.00 bits per heavy atom. The summed E-state index contributed by atoms with van der Waals surface area (Å²) in [5.41, 5.74) is 8.30. The number of fused-ring (bicyclic) bond motifs is 1. The minimum atomic E-state index is -0.297. The van der Waals surface area contributed by atoms with Gasteiger partial charge in [0.1, 0.15) is 0 Å². The van der Waals surface area contributed by atoms with Gasteiger partial charge in [0.2, 0.25) is 0 Å². The van der Waals surface area contributed by atoms with Gasteiger partial charge in [0.25, 0.3) is 0 Å². The highest BCUT2D eigenvalue weighted by molar-refractivity contribution is 7.12. The molecule has 0 amide bonds. The van der Waals surface area contributed by atoms with Gasteiger partial charge in [-0.15, -0.1) is 11.3 Å². The minimum absolute atomic E-state index is 0.146. The van der Waals surface area contributed by atoms with Crippen LogP contribution >= 0.6 is 11.3 Å². The molecule has 0 saturated heterocycles. The summed E-state index contributed by atoms with van der Waals surface area (Å²) in [5, 5.41) is 0. The second-order valence-electron chi connectivity index (χ2n) is 5.19. The Morgan fingerprint density at radius 2 is 2.25 bits per heavy atom. The van der Waals surface area contributed by atoms with Crippen LogP contribution in [-0.2, 0) is 19.3 Å². The van der Waals surface area contributed by atoms with E-state index in [1.807, 2.05) is 0 Å². The smallest absolute Gasteiger partial charge is 0.168 e. The van der Waals surface area contributed by atoms with Crippen LogP contribution in [0.5, 0.6) is 5.75 Å². The maximum atomic E-state index is 14.1. The average Bonchev–Trinajstić information content (AvgIpc) is 3.02. The molecule has 1 aliphatic carbocycles. The van der Waals surface area contributed by atoms with Crippen molar-refractivity contribution in [2.45, 2.75) is 31.7 Å². The van der Waals surface area contributed by atoms with E-state index in [0.717, 1.165) is 11.3 Å². The first-order chi connectivity index (χ1) is 9.69. The van der Waals surface area contributed by atoms with Crippen LogP contribution in [0.2, 0.25) is 0 Å². The van der Waals surface area contributed by atoms with Crippen LogP contribution in [0.1, 0.15) is 33.3 Å². The summed E-state index contributed by atoms with van der Waals surface area (Å²) >= 11 is 1.79. The number of aryl methyl sites for hydroxylation is 2. The number of hydrogen-bond acceptors (Lipinski definition) is 3. The molecule has 1 atom stereocenters. The highest BCUT2D eigenvalue weighted by Crippen LogP contribution is 2.34. The zero-order valence-corrected chi connectivity index (χ0v) is 12.3. The lowest BCUT2D eigenvalue weighted by molar-refractivity contribution is 0.383. The SMILES string of the molecule is COc1cccc(CC(N)c2cc3c(s2)CCC3)c1F. The quantitative estimate of drug-likeness (QED) is 0.933. The molecule has 0 aliphatic heterocycles. The summed E-state index contributed by atoms with van der Waals surface area (Å²) < 4.78 is 19.1. The van der Waals surface area contributed by atoms with Gasteiger partial charge in [-0.2, -0.15) is 0 Å². The highest BCUT2D eigenvalue weighted by Gasteiger charge is 2.19. The van der Waals surface area contributed by atoms with E-state index in [1.165, 1.54) is 30.4 Å². The first kappa shape index (κ1) is 13.6. The Balaban J connectivity index is 1.80. The fraction of sp³-hybridized carbons (Fsp3) is 0.375. The topological polar surface area (TPSA) is 35.2 Å². The van der Waals surface area contributed by atoms with E-state index in [-0.39, 0.29) is 17.6 Å². The van der Waals surface area contributed by atoms with Crippen LogP contribution in [0.25, 0.3) is 0 Å². The summed E-state index contributed by atoms with van der Waals surface area (Å²) in [5.74, 6) is -0.0158. The molecule has 2 N–H and O–H groups in total. The van der Waals surface area contributed by atoms with Gasteiger partial charge in [0.05, 0.1) is 7.11 Å². The van der Waals surface area contributed by atoms with Gasteiger partial charge in [-0.25, -0.2) is 4.39 Å². The van der Waals surface area contributed by atoms with Crippen molar-refractivity contribution >= 4 is 11.3 Å². The van der Waals surface area contributed by atoms with Gasteiger partial charge >= 0.3 is 0 Å². The molecule has 1 aromatic carbocycles. The Kier molecular flexibility index (Phi) is 3.76. The lowest BCUT2D eigenvalue weighted by atomic mass is 10.0. The van der Waals surface area contributed by atoms with Crippen molar-refractivity contribution in [1.29, 1.82) is 0 Å². The third-order valence-corrected chi connectivity index (χ3v) is 5.20. The molecular weight excluding hydrogens is 273 g/mol. The predicted molar refractivity (Wildman–Crippen MR) is 79.9 cm³/mol. The molecule has 2 aromatic rings. The van der Waals surface area contributed by atoms with Crippen LogP contribution in [0.15, 0.2) is 24.3 Å². The van der Waals surface area contributed by atoms with Crippen molar-refractivity contribution in [3.63, 3.8) is 0 Å². The molecule has 1 aliphatic rings. The van der Waals surface area contributed by atoms with Gasteiger partial charge in [0.15, 0.2) is 11.6 Å². The lowest BCUT2D eigenvalue weighted by Crippen LogP contribution is -2.13. The molecule has 2 nitrogen and oxygen atoms in total. The Bertz CT molecular complexity index is 601. The standard InChI is InChI=1S/C16H18FNOS/c1-19-13-6-2-5-11(16(13)17)8-12(18)15-9-10-4-3-7-14(10)20-15/h2,5-6,9,12H,3-4,7-8,18H2,1H3. The summed E-state index contributed by atoms with van der Waals surface area (Å²) in [6.07, 6.45) is 4.08. The van der Waals surface area contributed by atoms with E-state index in [2.05, 4.69) is 6.07 Å². The first-order valence-electron chi connectivity index (χ1n) is 6.87. The molecule has 0 bridgehead atoms. The molecule has 3 rings (SSSR count). The minimum Gasteiger partial charge on any atom is -0.494 e. The van der Waals surface area contributed by atoms with Gasteiger partial charge in [0, 0.05) is 15.8 Å². The number of thiophene rings is 1. The van der Waals surface area contributed by atoms with Crippen LogP contribution in [0.3, 0.4) is 0 Å². The van der Waals surface area contributed by atoms with Crippen molar-refractivity contribution in [2.24, 2.45) is 5.73 Å². The number of benzene rings is 1. The largest absolute Gasteiger partial charge is 0.494 e. The van der Waals surface area contributed by atoms with Crippen molar-refractivity contribution < 1.29 is 9.13 Å². The van der Waals surface area contributed by atoms with Gasteiger partial charge in [-0.3, -0.25) is 0 Å². The second kappa shape index (κ2) is 5.54. The number of methoxy groups -OCH3 is 1. The average molecular weight is 291 g/mol. The maximum Gasteiger partial charge on any atom is 0.168 e.